The third-order valence-corrected chi connectivity index (χ3v) is 2.16. The number of aliphatic hydroxyl groups is 1. The normalized spacial score (nSPS) is 9.79. The summed E-state index contributed by atoms with van der Waals surface area (Å²) in [6.45, 7) is 4.01. The third kappa shape index (κ3) is 3.68. The van der Waals surface area contributed by atoms with Gasteiger partial charge in [-0.1, -0.05) is 13.5 Å². The first kappa shape index (κ1) is 13.5. The Labute approximate surface area is 94.0 Å². The summed E-state index contributed by atoms with van der Waals surface area (Å²) in [5.74, 6) is 0.812. The van der Waals surface area contributed by atoms with Gasteiger partial charge in [-0.15, -0.1) is 0 Å². The zero-order chi connectivity index (χ0) is 9.84. The minimum absolute atomic E-state index is 0. The lowest BCUT2D eigenvalue weighted by molar-refractivity contribution is 0.240. The smallest absolute Gasteiger partial charge is 0.133 e. The van der Waals surface area contributed by atoms with Crippen LogP contribution in [0.25, 0.3) is 0 Å². The molecule has 0 bridgehead atoms. The summed E-state index contributed by atoms with van der Waals surface area (Å²) in [5.41, 5.74) is 0.878. The van der Waals surface area contributed by atoms with Crippen LogP contribution in [0.2, 0.25) is 0 Å². The Morgan fingerprint density at radius 3 is 2.50 bits per heavy atom. The van der Waals surface area contributed by atoms with Gasteiger partial charge in [0.25, 0.3) is 0 Å². The first-order valence-corrected chi connectivity index (χ1v) is 4.98. The second kappa shape index (κ2) is 6.04. The maximum atomic E-state index is 8.87. The van der Waals surface area contributed by atoms with Crippen molar-refractivity contribution in [1.82, 2.24) is 0 Å². The number of rotatable bonds is 3. The van der Waals surface area contributed by atoms with Crippen LogP contribution in [-0.2, 0) is 6.61 Å². The summed E-state index contributed by atoms with van der Waals surface area (Å²) in [7, 11) is 0. The van der Waals surface area contributed by atoms with Gasteiger partial charge < -0.3 is 9.84 Å². The highest BCUT2D eigenvalue weighted by atomic mass is 79.9. The van der Waals surface area contributed by atoms with Gasteiger partial charge in [0.2, 0.25) is 0 Å². The molecule has 0 atom stereocenters. The lowest BCUT2D eigenvalue weighted by Crippen LogP contribution is -2.06. The van der Waals surface area contributed by atoms with Crippen LogP contribution >= 0.6 is 15.9 Å². The Morgan fingerprint density at radius 2 is 2.07 bits per heavy atom. The molecule has 0 amide bonds. The number of hydrogen-bond acceptors (Lipinski definition) is 2. The Bertz CT molecular complexity index is 285. The fourth-order valence-electron chi connectivity index (χ4n) is 0.992. The molecule has 0 heterocycles. The van der Waals surface area contributed by atoms with Crippen molar-refractivity contribution in [2.24, 2.45) is 0 Å². The first-order valence-electron chi connectivity index (χ1n) is 4.19. The fourth-order valence-corrected chi connectivity index (χ4v) is 1.51. The van der Waals surface area contributed by atoms with Crippen molar-refractivity contribution >= 4 is 15.9 Å². The van der Waals surface area contributed by atoms with E-state index in [1.807, 2.05) is 32.0 Å². The highest BCUT2D eigenvalue weighted by Crippen LogP contribution is 2.26. The van der Waals surface area contributed by atoms with E-state index >= 15 is 0 Å². The van der Waals surface area contributed by atoms with Gasteiger partial charge in [0.15, 0.2) is 0 Å². The topological polar surface area (TPSA) is 29.5 Å². The molecule has 3 heteroatoms. The molecule has 1 aromatic rings. The summed E-state index contributed by atoms with van der Waals surface area (Å²) in [5, 5.41) is 8.87. The first-order chi connectivity index (χ1) is 6.13. The van der Waals surface area contributed by atoms with Crippen LogP contribution in [0.4, 0.5) is 0 Å². The molecule has 0 aliphatic carbocycles. The number of ether oxygens (including phenoxy) is 1. The average Bonchev–Trinajstić information content (AvgIpc) is 2.08. The molecule has 0 aliphatic heterocycles. The van der Waals surface area contributed by atoms with Crippen LogP contribution in [0, 0.1) is 0 Å². The predicted molar refractivity (Wildman–Crippen MR) is 62.6 cm³/mol. The Balaban J connectivity index is 0.00000169. The van der Waals surface area contributed by atoms with Crippen LogP contribution in [0.1, 0.15) is 26.8 Å². The van der Waals surface area contributed by atoms with Gasteiger partial charge in [0, 0.05) is 0 Å². The molecule has 0 saturated heterocycles. The average molecular weight is 261 g/mol. The van der Waals surface area contributed by atoms with Crippen LogP contribution in [-0.4, -0.2) is 11.2 Å². The molecule has 1 rings (SSSR count). The van der Waals surface area contributed by atoms with Crippen molar-refractivity contribution in [3.63, 3.8) is 0 Å². The monoisotopic (exact) mass is 260 g/mol. The van der Waals surface area contributed by atoms with Crippen molar-refractivity contribution in [2.75, 3.05) is 0 Å². The molecule has 0 radical (unpaired) electrons. The molecule has 0 aliphatic rings. The molecule has 0 aromatic heterocycles. The van der Waals surface area contributed by atoms with Crippen LogP contribution in [0.3, 0.4) is 0 Å². The highest BCUT2D eigenvalue weighted by molar-refractivity contribution is 9.10. The minimum atomic E-state index is 0. The molecule has 0 unspecified atom stereocenters. The quantitative estimate of drug-likeness (QED) is 0.903. The summed E-state index contributed by atoms with van der Waals surface area (Å²) in [6.07, 6.45) is 0.163. The zero-order valence-corrected chi connectivity index (χ0v) is 9.34. The molecule has 2 nitrogen and oxygen atoms in total. The maximum Gasteiger partial charge on any atom is 0.133 e. The lowest BCUT2D eigenvalue weighted by atomic mass is 10.2. The van der Waals surface area contributed by atoms with E-state index in [1.165, 1.54) is 0 Å². The van der Waals surface area contributed by atoms with Gasteiger partial charge in [-0.3, -0.25) is 0 Å². The van der Waals surface area contributed by atoms with Gasteiger partial charge in [-0.05, 0) is 47.5 Å². The number of benzene rings is 1. The number of halogens is 1. The summed E-state index contributed by atoms with van der Waals surface area (Å²) >= 11 is 3.38. The lowest BCUT2D eigenvalue weighted by Gasteiger charge is -2.11. The van der Waals surface area contributed by atoms with Gasteiger partial charge >= 0.3 is 0 Å². The van der Waals surface area contributed by atoms with E-state index < -0.39 is 0 Å². The number of hydrogen-bond donors (Lipinski definition) is 1. The van der Waals surface area contributed by atoms with Crippen molar-refractivity contribution in [2.45, 2.75) is 34.0 Å². The van der Waals surface area contributed by atoms with E-state index in [2.05, 4.69) is 15.9 Å². The minimum Gasteiger partial charge on any atom is -0.490 e. The second-order valence-corrected chi connectivity index (χ2v) is 3.94. The van der Waals surface area contributed by atoms with Crippen LogP contribution in [0.5, 0.6) is 5.75 Å². The molecule has 1 aromatic carbocycles. The van der Waals surface area contributed by atoms with E-state index in [1.54, 1.807) is 0 Å². The second-order valence-electron chi connectivity index (χ2n) is 3.09. The largest absolute Gasteiger partial charge is 0.490 e. The third-order valence-electron chi connectivity index (χ3n) is 1.54. The van der Waals surface area contributed by atoms with Crippen LogP contribution in [0.15, 0.2) is 22.7 Å². The van der Waals surface area contributed by atoms with E-state index in [-0.39, 0.29) is 20.1 Å². The molecule has 0 fully saturated rings. The molecule has 0 spiro atoms. The van der Waals surface area contributed by atoms with Gasteiger partial charge in [-0.2, -0.15) is 0 Å². The predicted octanol–water partition coefficient (Wildman–Crippen LogP) is 3.36. The standard InChI is InChI=1S/C10H13BrO2.CH4/c1-7(2)13-10-4-3-8(6-12)5-9(10)11;/h3-5,7,12H,6H2,1-2H3;1H4. The van der Waals surface area contributed by atoms with Gasteiger partial charge in [0.1, 0.15) is 5.75 Å². The molecule has 14 heavy (non-hydrogen) atoms. The molecule has 1 N–H and O–H groups in total. The maximum absolute atomic E-state index is 8.87. The number of aliphatic hydroxyl groups excluding tert-OH is 1. The molecular formula is C11H17BrO2. The van der Waals surface area contributed by atoms with E-state index in [0.29, 0.717) is 0 Å². The van der Waals surface area contributed by atoms with Crippen molar-refractivity contribution < 1.29 is 9.84 Å². The van der Waals surface area contributed by atoms with Crippen molar-refractivity contribution in [1.29, 1.82) is 0 Å². The van der Waals surface area contributed by atoms with Gasteiger partial charge in [0.05, 0.1) is 17.2 Å². The molecule has 80 valence electrons. The zero-order valence-electron chi connectivity index (χ0n) is 7.75. The van der Waals surface area contributed by atoms with E-state index in [9.17, 15) is 0 Å². The highest BCUT2D eigenvalue weighted by Gasteiger charge is 2.03. The SMILES string of the molecule is C.CC(C)Oc1ccc(CO)cc1Br. The molecule has 0 saturated carbocycles. The molecular weight excluding hydrogens is 244 g/mol. The summed E-state index contributed by atoms with van der Waals surface area (Å²) < 4.78 is 6.40. The van der Waals surface area contributed by atoms with E-state index in [4.69, 9.17) is 9.84 Å². The van der Waals surface area contributed by atoms with Crippen molar-refractivity contribution in [3.05, 3.63) is 28.2 Å². The Kier molecular flexibility index (Phi) is 5.81. The van der Waals surface area contributed by atoms with Crippen molar-refractivity contribution in [3.8, 4) is 5.75 Å². The van der Waals surface area contributed by atoms with Gasteiger partial charge in [-0.25, -0.2) is 0 Å². The summed E-state index contributed by atoms with van der Waals surface area (Å²) in [6, 6.07) is 5.57. The van der Waals surface area contributed by atoms with Crippen LogP contribution < -0.4 is 4.74 Å². The fraction of sp³-hybridized carbons (Fsp3) is 0.455. The Hall–Kier alpha value is -0.540. The Morgan fingerprint density at radius 1 is 1.43 bits per heavy atom. The van der Waals surface area contributed by atoms with E-state index in [0.717, 1.165) is 15.8 Å². The summed E-state index contributed by atoms with van der Waals surface area (Å²) in [4.78, 5) is 0.